The first-order valence-corrected chi connectivity index (χ1v) is 21.8. The number of rotatable bonds is 17. The number of carboxylic acids is 1. The summed E-state index contributed by atoms with van der Waals surface area (Å²) in [6.07, 6.45) is 5.32. The third kappa shape index (κ3) is 14.4. The van der Waals surface area contributed by atoms with Crippen molar-refractivity contribution < 1.29 is 43.5 Å². The molecule has 21 nitrogen and oxygen atoms in total. The summed E-state index contributed by atoms with van der Waals surface area (Å²) in [6.45, 7) is 2.88. The molecular weight excluding hydrogens is 841 g/mol. The van der Waals surface area contributed by atoms with Gasteiger partial charge in [-0.15, -0.1) is 0 Å². The maximum absolute atomic E-state index is 13.2. The summed E-state index contributed by atoms with van der Waals surface area (Å²) in [5.41, 5.74) is 5.38. The molecule has 7 amide bonds. The molecule has 65 heavy (non-hydrogen) atoms. The molecule has 1 saturated carbocycles. The van der Waals surface area contributed by atoms with Crippen molar-refractivity contribution >= 4 is 76.8 Å². The number of nitrogens with one attached hydrogen (secondary N) is 7. The van der Waals surface area contributed by atoms with Gasteiger partial charge in [0.1, 0.15) is 31.5 Å². The molecule has 1 unspecified atom stereocenters. The second-order valence-corrected chi connectivity index (χ2v) is 16.2. The van der Waals surface area contributed by atoms with E-state index < -0.39 is 48.5 Å². The van der Waals surface area contributed by atoms with Gasteiger partial charge in [-0.05, 0) is 76.4 Å². The third-order valence-electron chi connectivity index (χ3n) is 11.6. The van der Waals surface area contributed by atoms with E-state index in [1.54, 1.807) is 33.3 Å². The maximum Gasteiger partial charge on any atom is 0.335 e. The van der Waals surface area contributed by atoms with E-state index in [9.17, 15) is 38.4 Å². The number of carbonyl (C=O) groups excluding carboxylic acids is 7. The Hall–Kier alpha value is -6.61. The van der Waals surface area contributed by atoms with Gasteiger partial charge in [0.2, 0.25) is 29.5 Å². The summed E-state index contributed by atoms with van der Waals surface area (Å²) in [6, 6.07) is 11.8. The number of hydrogen-bond donors (Lipinski definition) is 8. The number of carbonyl (C=O) groups is 8. The number of carboxylic acid groups (broad SMARTS) is 1. The molecule has 3 aliphatic rings. The topological polar surface area (TPSA) is 266 Å². The largest absolute Gasteiger partial charge is 0.481 e. The number of hydrogen-bond acceptors (Lipinski definition) is 13. The molecule has 5 rings (SSSR count). The predicted molar refractivity (Wildman–Crippen MR) is 247 cm³/mol. The Bertz CT molecular complexity index is 2030. The number of amides is 7. The van der Waals surface area contributed by atoms with Crippen molar-refractivity contribution in [2.24, 2.45) is 16.9 Å². The Kier molecular flexibility index (Phi) is 19.6. The van der Waals surface area contributed by atoms with Crippen LogP contribution in [-0.2, 0) is 33.6 Å². The monoisotopic (exact) mass is 904 g/mol. The molecule has 0 bridgehead atoms. The van der Waals surface area contributed by atoms with Crippen molar-refractivity contribution in [3.05, 3.63) is 48.5 Å². The number of aldehydes is 1. The van der Waals surface area contributed by atoms with Crippen LogP contribution in [0.25, 0.3) is 0 Å². The van der Waals surface area contributed by atoms with Gasteiger partial charge in [0.05, 0.1) is 41.3 Å². The molecule has 0 aromatic heterocycles. The molecule has 1 aliphatic carbocycles. The Labute approximate surface area is 379 Å². The number of benzene rings is 2. The van der Waals surface area contributed by atoms with Crippen LogP contribution in [0.4, 0.5) is 27.5 Å². The van der Waals surface area contributed by atoms with Gasteiger partial charge in [0.25, 0.3) is 0 Å². The van der Waals surface area contributed by atoms with E-state index in [1.807, 2.05) is 67.2 Å². The number of likely N-dealkylation sites (N-methyl/N-ethyl adjacent to an activating group) is 4. The van der Waals surface area contributed by atoms with Crippen molar-refractivity contribution in [3.8, 4) is 0 Å². The van der Waals surface area contributed by atoms with E-state index in [1.165, 1.54) is 16.0 Å². The molecule has 0 saturated heterocycles. The summed E-state index contributed by atoms with van der Waals surface area (Å²) >= 11 is 0. The number of hydrazone groups is 1. The normalized spacial score (nSPS) is 20.4. The number of aliphatic carboxylic acids is 1. The van der Waals surface area contributed by atoms with Gasteiger partial charge in [0.15, 0.2) is 0 Å². The zero-order chi connectivity index (χ0) is 47.6. The first-order valence-electron chi connectivity index (χ1n) is 21.8. The van der Waals surface area contributed by atoms with Gasteiger partial charge < -0.3 is 51.6 Å². The van der Waals surface area contributed by atoms with Crippen LogP contribution >= 0.6 is 0 Å². The van der Waals surface area contributed by atoms with E-state index in [2.05, 4.69) is 42.4 Å². The van der Waals surface area contributed by atoms with Crippen LogP contribution in [0.15, 0.2) is 53.6 Å². The van der Waals surface area contributed by atoms with E-state index in [-0.39, 0.29) is 42.6 Å². The predicted octanol–water partition coefficient (Wildman–Crippen LogP) is 0.00540. The van der Waals surface area contributed by atoms with Gasteiger partial charge >= 0.3 is 12.0 Å². The zero-order valence-corrected chi connectivity index (χ0v) is 38.0. The fraction of sp³-hybridized carbons (Fsp3) is 0.523. The number of urea groups is 1. The van der Waals surface area contributed by atoms with Crippen molar-refractivity contribution in [1.82, 2.24) is 37.3 Å². The molecule has 2 aromatic carbocycles. The highest BCUT2D eigenvalue weighted by Crippen LogP contribution is 2.33. The fourth-order valence-corrected chi connectivity index (χ4v) is 7.95. The second-order valence-electron chi connectivity index (χ2n) is 16.2. The van der Waals surface area contributed by atoms with Crippen molar-refractivity contribution in [3.63, 3.8) is 0 Å². The van der Waals surface area contributed by atoms with Crippen LogP contribution in [-0.4, -0.2) is 151 Å². The molecule has 2 heterocycles. The van der Waals surface area contributed by atoms with Gasteiger partial charge in [-0.25, -0.2) is 10.2 Å². The quantitative estimate of drug-likeness (QED) is 0.0592. The van der Waals surface area contributed by atoms with E-state index in [0.717, 1.165) is 37.1 Å². The lowest BCUT2D eigenvalue weighted by molar-refractivity contribution is -0.139. The number of fused-ring (bicyclic) bond motifs is 2. The summed E-state index contributed by atoms with van der Waals surface area (Å²) in [5.74, 6) is -2.11. The molecule has 1 fully saturated rings. The number of para-hydroxylation sites is 4. The minimum absolute atomic E-state index is 0.0594. The average Bonchev–Trinajstić information content (AvgIpc) is 3.47. The third-order valence-corrected chi connectivity index (χ3v) is 11.6. The van der Waals surface area contributed by atoms with Crippen LogP contribution < -0.4 is 56.9 Å². The van der Waals surface area contributed by atoms with Crippen molar-refractivity contribution in [2.45, 2.75) is 69.6 Å². The summed E-state index contributed by atoms with van der Waals surface area (Å²) < 4.78 is 0. The average molecular weight is 905 g/mol. The van der Waals surface area contributed by atoms with E-state index >= 15 is 0 Å². The Morgan fingerprint density at radius 2 is 1.23 bits per heavy atom. The summed E-state index contributed by atoms with van der Waals surface area (Å²) in [7, 11) is 8.83. The van der Waals surface area contributed by atoms with Gasteiger partial charge in [-0.2, -0.15) is 5.10 Å². The van der Waals surface area contributed by atoms with E-state index in [0.29, 0.717) is 49.6 Å². The van der Waals surface area contributed by atoms with Gasteiger partial charge in [-0.1, -0.05) is 31.2 Å². The molecule has 354 valence electrons. The highest BCUT2D eigenvalue weighted by atomic mass is 16.4. The molecule has 2 aromatic rings. The van der Waals surface area contributed by atoms with Crippen LogP contribution in [0, 0.1) is 11.8 Å². The van der Waals surface area contributed by atoms with Crippen molar-refractivity contribution in [2.75, 3.05) is 87.6 Å². The van der Waals surface area contributed by atoms with Gasteiger partial charge in [-0.3, -0.25) is 38.6 Å². The molecule has 2 aliphatic heterocycles. The SMILES string of the molecule is CC[C@@H](/C=N/NC(=O)NCC1CCC(C(=O)NC)CC1)NC(=O)CN1C(=O)[C@@H](NC)CN(C)c2ccccc21.CNC1CN(C)c2ccccc2N(CC(=O)N[C@H](C=O)CC(=O)O)C1=O. The highest BCUT2D eigenvalue weighted by Gasteiger charge is 2.35. The Morgan fingerprint density at radius 1 is 0.754 bits per heavy atom. The first kappa shape index (κ1) is 51.0. The number of anilines is 4. The number of nitrogens with zero attached hydrogens (tertiary/aromatic N) is 5. The van der Waals surface area contributed by atoms with Gasteiger partial charge in [0, 0.05) is 52.9 Å². The Balaban J connectivity index is 0.000000309. The summed E-state index contributed by atoms with van der Waals surface area (Å²) in [5, 5.41) is 29.5. The fourth-order valence-electron chi connectivity index (χ4n) is 7.95. The molecule has 0 spiro atoms. The van der Waals surface area contributed by atoms with Crippen LogP contribution in [0.3, 0.4) is 0 Å². The Morgan fingerprint density at radius 3 is 1.66 bits per heavy atom. The van der Waals surface area contributed by atoms with E-state index in [4.69, 9.17) is 5.11 Å². The summed E-state index contributed by atoms with van der Waals surface area (Å²) in [4.78, 5) is 104. The minimum atomic E-state index is -1.20. The molecule has 21 heteroatoms. The highest BCUT2D eigenvalue weighted by molar-refractivity contribution is 6.06. The molecule has 0 radical (unpaired) electrons. The maximum atomic E-state index is 13.2. The zero-order valence-electron chi connectivity index (χ0n) is 38.0. The van der Waals surface area contributed by atoms with Crippen LogP contribution in [0.2, 0.25) is 0 Å². The minimum Gasteiger partial charge on any atom is -0.481 e. The second kappa shape index (κ2) is 25.0. The van der Waals surface area contributed by atoms with Crippen molar-refractivity contribution in [1.29, 1.82) is 0 Å². The smallest absolute Gasteiger partial charge is 0.335 e. The molecular formula is C44H64N12O9. The molecule has 4 atom stereocenters. The lowest BCUT2D eigenvalue weighted by atomic mass is 9.81. The van der Waals surface area contributed by atoms with Crippen LogP contribution in [0.1, 0.15) is 45.4 Å². The lowest BCUT2D eigenvalue weighted by Gasteiger charge is -2.27. The van der Waals surface area contributed by atoms with Crippen LogP contribution in [0.5, 0.6) is 0 Å². The first-order chi connectivity index (χ1) is 31.1. The standard InChI is InChI=1S/C27H42N8O4.C17H22N4O5/c1-5-20(15-31-33-27(39)30-14-18-10-12-19(13-11-18)25(37)29-3)32-24(36)17-35-23-9-7-6-8-22(23)34(4)16-21(28-2)26(35)38;1-18-12-8-20(2)13-5-3-4-6-14(13)21(17(12)26)9-15(23)19-11(10-22)7-16(24)25/h6-9,15,18-21,28H,5,10-14,16-17H2,1-4H3,(H,29,37)(H,32,36)(H2,30,33,39);3-6,10-12,18H,7-9H2,1-2H3,(H,19,23)(H,24,25)/b31-15+;/t18?,19?,20-,21-;11-,12?/m00/s1. The lowest BCUT2D eigenvalue weighted by Crippen LogP contribution is -2.52. The molecule has 8 N–H and O–H groups in total.